The van der Waals surface area contributed by atoms with Gasteiger partial charge in [-0.15, -0.1) is 0 Å². The summed E-state index contributed by atoms with van der Waals surface area (Å²) in [7, 11) is 1.97. The van der Waals surface area contributed by atoms with E-state index < -0.39 is 0 Å². The molecular weight excluding hydrogens is 232 g/mol. The van der Waals surface area contributed by atoms with Crippen LogP contribution in [-0.2, 0) is 0 Å². The molecule has 0 radical (unpaired) electrons. The maximum Gasteiger partial charge on any atom is 0.224 e. The lowest BCUT2D eigenvalue weighted by Gasteiger charge is -2.34. The first-order valence-corrected chi connectivity index (χ1v) is 5.99. The third-order valence-corrected chi connectivity index (χ3v) is 3.39. The monoisotopic (exact) mass is 248 g/mol. The van der Waals surface area contributed by atoms with Gasteiger partial charge in [0.2, 0.25) is 5.95 Å². The minimum Gasteiger partial charge on any atom is -0.393 e. The van der Waals surface area contributed by atoms with Gasteiger partial charge in [-0.3, -0.25) is 0 Å². The van der Waals surface area contributed by atoms with Crippen molar-refractivity contribution in [3.63, 3.8) is 0 Å². The van der Waals surface area contributed by atoms with E-state index in [0.717, 1.165) is 30.7 Å². The second kappa shape index (κ2) is 4.09. The normalized spacial score (nSPS) is 23.0. The van der Waals surface area contributed by atoms with E-state index in [-0.39, 0.29) is 12.1 Å². The Labute approximate surface area is 104 Å². The average Bonchev–Trinajstić information content (AvgIpc) is 2.73. The van der Waals surface area contributed by atoms with Gasteiger partial charge < -0.3 is 20.7 Å². The zero-order valence-corrected chi connectivity index (χ0v) is 10.2. The molecule has 3 rings (SSSR count). The predicted molar refractivity (Wildman–Crippen MR) is 68.1 cm³/mol. The summed E-state index contributed by atoms with van der Waals surface area (Å²) in [6, 6.07) is 0. The van der Waals surface area contributed by atoms with Crippen LogP contribution in [0.1, 0.15) is 12.8 Å². The van der Waals surface area contributed by atoms with Crippen molar-refractivity contribution in [1.29, 1.82) is 0 Å². The van der Waals surface area contributed by atoms with Crippen LogP contribution in [0.25, 0.3) is 11.2 Å². The molecule has 96 valence electrons. The average molecular weight is 248 g/mol. The van der Waals surface area contributed by atoms with Gasteiger partial charge in [-0.05, 0) is 18.8 Å². The van der Waals surface area contributed by atoms with Crippen molar-refractivity contribution in [2.45, 2.75) is 18.9 Å². The van der Waals surface area contributed by atoms with Crippen molar-refractivity contribution >= 4 is 22.9 Å². The Hall–Kier alpha value is -1.89. The molecule has 0 amide bonds. The first-order valence-electron chi connectivity index (χ1n) is 5.99. The topological polar surface area (TPSA) is 104 Å². The van der Waals surface area contributed by atoms with Crippen LogP contribution in [0.4, 0.5) is 11.8 Å². The number of anilines is 2. The Morgan fingerprint density at radius 1 is 1.50 bits per heavy atom. The Balaban J connectivity index is 1.86. The fourth-order valence-corrected chi connectivity index (χ4v) is 2.43. The highest BCUT2D eigenvalue weighted by molar-refractivity contribution is 5.83. The van der Waals surface area contributed by atoms with E-state index >= 15 is 0 Å². The Morgan fingerprint density at radius 2 is 2.28 bits per heavy atom. The maximum atomic E-state index is 9.30. The van der Waals surface area contributed by atoms with E-state index in [1.54, 1.807) is 6.33 Å². The molecule has 1 aliphatic rings. The molecule has 2 heterocycles. The minimum absolute atomic E-state index is 0.133. The standard InChI is InChI=1S/C11H16N6O/c1-17(4-6-2-7(18)3-6)10-8-9(14-5-13-8)15-11(12)16-10/h5-7,18H,2-4H2,1H3,(H3,12,13,14,15,16). The first-order chi connectivity index (χ1) is 8.63. The van der Waals surface area contributed by atoms with Crippen LogP contribution in [0.5, 0.6) is 0 Å². The molecule has 0 saturated heterocycles. The molecule has 0 bridgehead atoms. The van der Waals surface area contributed by atoms with Crippen molar-refractivity contribution in [2.24, 2.45) is 5.92 Å². The molecule has 0 atom stereocenters. The van der Waals surface area contributed by atoms with E-state index in [1.165, 1.54) is 0 Å². The molecule has 1 aliphatic carbocycles. The molecular formula is C11H16N6O. The molecule has 0 spiro atoms. The summed E-state index contributed by atoms with van der Waals surface area (Å²) < 4.78 is 0. The molecule has 18 heavy (non-hydrogen) atoms. The number of nitrogen functional groups attached to an aromatic ring is 1. The number of aliphatic hydroxyl groups is 1. The second-order valence-corrected chi connectivity index (χ2v) is 4.88. The van der Waals surface area contributed by atoms with Gasteiger partial charge >= 0.3 is 0 Å². The summed E-state index contributed by atoms with van der Waals surface area (Å²) in [5, 5.41) is 9.30. The van der Waals surface area contributed by atoms with Crippen LogP contribution < -0.4 is 10.6 Å². The van der Waals surface area contributed by atoms with Crippen LogP contribution in [-0.4, -0.2) is 44.7 Å². The predicted octanol–water partition coefficient (Wildman–Crippen LogP) is 0.142. The molecule has 7 nitrogen and oxygen atoms in total. The Kier molecular flexibility index (Phi) is 2.55. The molecule has 1 fully saturated rings. The number of hydrogen-bond acceptors (Lipinski definition) is 6. The number of aromatic amines is 1. The summed E-state index contributed by atoms with van der Waals surface area (Å²) in [6.07, 6.45) is 3.17. The van der Waals surface area contributed by atoms with Gasteiger partial charge in [0.1, 0.15) is 5.52 Å². The van der Waals surface area contributed by atoms with Gasteiger partial charge in [-0.1, -0.05) is 0 Å². The van der Waals surface area contributed by atoms with Gasteiger partial charge in [-0.2, -0.15) is 9.97 Å². The van der Waals surface area contributed by atoms with E-state index in [9.17, 15) is 5.11 Å². The third kappa shape index (κ3) is 1.86. The SMILES string of the molecule is CN(CC1CC(O)C1)c1nc(N)nc2nc[nH]c12. The molecule has 7 heteroatoms. The number of aromatic nitrogens is 4. The molecule has 0 aromatic carbocycles. The number of nitrogens with one attached hydrogen (secondary N) is 1. The largest absolute Gasteiger partial charge is 0.393 e. The van der Waals surface area contributed by atoms with Crippen LogP contribution in [0.3, 0.4) is 0 Å². The summed E-state index contributed by atoms with van der Waals surface area (Å²) in [5.41, 5.74) is 7.06. The zero-order valence-electron chi connectivity index (χ0n) is 10.2. The molecule has 2 aromatic rings. The smallest absolute Gasteiger partial charge is 0.224 e. The van der Waals surface area contributed by atoms with E-state index in [2.05, 4.69) is 19.9 Å². The van der Waals surface area contributed by atoms with Crippen molar-refractivity contribution in [1.82, 2.24) is 19.9 Å². The van der Waals surface area contributed by atoms with Crippen LogP contribution >= 0.6 is 0 Å². The highest BCUT2D eigenvalue weighted by Crippen LogP contribution is 2.30. The molecule has 0 aliphatic heterocycles. The number of H-pyrrole nitrogens is 1. The van der Waals surface area contributed by atoms with E-state index in [4.69, 9.17) is 5.73 Å². The van der Waals surface area contributed by atoms with Crippen LogP contribution in [0.2, 0.25) is 0 Å². The fourth-order valence-electron chi connectivity index (χ4n) is 2.43. The third-order valence-electron chi connectivity index (χ3n) is 3.39. The highest BCUT2D eigenvalue weighted by Gasteiger charge is 2.28. The minimum atomic E-state index is -0.133. The Morgan fingerprint density at radius 3 is 3.00 bits per heavy atom. The number of fused-ring (bicyclic) bond motifs is 1. The number of imidazole rings is 1. The molecule has 1 saturated carbocycles. The van der Waals surface area contributed by atoms with Crippen molar-refractivity contribution in [2.75, 3.05) is 24.2 Å². The van der Waals surface area contributed by atoms with Crippen molar-refractivity contribution in [3.05, 3.63) is 6.33 Å². The number of hydrogen-bond donors (Lipinski definition) is 3. The fraction of sp³-hybridized carbons (Fsp3) is 0.545. The van der Waals surface area contributed by atoms with Gasteiger partial charge in [0.05, 0.1) is 12.4 Å². The van der Waals surface area contributed by atoms with Crippen molar-refractivity contribution in [3.8, 4) is 0 Å². The second-order valence-electron chi connectivity index (χ2n) is 4.88. The summed E-state index contributed by atoms with van der Waals surface area (Å²) in [4.78, 5) is 17.5. The van der Waals surface area contributed by atoms with Gasteiger partial charge in [-0.25, -0.2) is 4.98 Å². The highest BCUT2D eigenvalue weighted by atomic mass is 16.3. The number of aliphatic hydroxyl groups excluding tert-OH is 1. The number of nitrogens with zero attached hydrogens (tertiary/aromatic N) is 4. The van der Waals surface area contributed by atoms with Gasteiger partial charge in [0, 0.05) is 13.6 Å². The summed E-state index contributed by atoms with van der Waals surface area (Å²) >= 11 is 0. The van der Waals surface area contributed by atoms with Gasteiger partial charge in [0.15, 0.2) is 11.5 Å². The molecule has 2 aromatic heterocycles. The van der Waals surface area contributed by atoms with Gasteiger partial charge in [0.25, 0.3) is 0 Å². The first kappa shape index (κ1) is 11.2. The number of nitrogens with two attached hydrogens (primary N) is 1. The van der Waals surface area contributed by atoms with E-state index in [1.807, 2.05) is 11.9 Å². The van der Waals surface area contributed by atoms with Crippen LogP contribution in [0, 0.1) is 5.92 Å². The van der Waals surface area contributed by atoms with Crippen LogP contribution in [0.15, 0.2) is 6.33 Å². The van der Waals surface area contributed by atoms with Crippen molar-refractivity contribution < 1.29 is 5.11 Å². The quantitative estimate of drug-likeness (QED) is 0.714. The lowest BCUT2D eigenvalue weighted by molar-refractivity contribution is 0.0464. The zero-order chi connectivity index (χ0) is 12.7. The maximum absolute atomic E-state index is 9.30. The Bertz CT molecular complexity index is 562. The summed E-state index contributed by atoms with van der Waals surface area (Å²) in [5.74, 6) is 1.50. The molecule has 4 N–H and O–H groups in total. The number of rotatable bonds is 3. The summed E-state index contributed by atoms with van der Waals surface area (Å²) in [6.45, 7) is 0.849. The van der Waals surface area contributed by atoms with E-state index in [0.29, 0.717) is 11.6 Å². The lowest BCUT2D eigenvalue weighted by Crippen LogP contribution is -2.37. The molecule has 0 unspecified atom stereocenters. The lowest BCUT2D eigenvalue weighted by atomic mass is 9.82.